The smallest absolute Gasteiger partial charge is 0.0421 e. The highest BCUT2D eigenvalue weighted by Gasteiger charge is 2.25. The molecule has 27 heavy (non-hydrogen) atoms. The van der Waals surface area contributed by atoms with Gasteiger partial charge < -0.3 is 0 Å². The van der Waals surface area contributed by atoms with Gasteiger partial charge in [-0.05, 0) is 50.7 Å². The van der Waals surface area contributed by atoms with Gasteiger partial charge in [0.25, 0.3) is 0 Å². The minimum Gasteiger partial charge on any atom is -0.143 e. The van der Waals surface area contributed by atoms with Crippen molar-refractivity contribution in [3.63, 3.8) is 0 Å². The third-order valence-corrected chi connectivity index (χ3v) is 5.89. The van der Waals surface area contributed by atoms with Crippen LogP contribution in [0.15, 0.2) is 90.3 Å². The first-order valence-electron chi connectivity index (χ1n) is 9.37. The third-order valence-electron chi connectivity index (χ3n) is 4.92. The van der Waals surface area contributed by atoms with Crippen molar-refractivity contribution in [3.8, 4) is 32.7 Å². The van der Waals surface area contributed by atoms with E-state index < -0.39 is 0 Å². The molecule has 2 aliphatic rings. The van der Waals surface area contributed by atoms with Crippen LogP contribution in [0.3, 0.4) is 0 Å². The van der Waals surface area contributed by atoms with Crippen molar-refractivity contribution in [1.29, 1.82) is 0 Å². The predicted octanol–water partition coefficient (Wildman–Crippen LogP) is 8.05. The van der Waals surface area contributed by atoms with E-state index in [1.54, 1.807) is 11.3 Å². The van der Waals surface area contributed by atoms with Crippen molar-refractivity contribution in [2.75, 3.05) is 0 Å². The van der Waals surface area contributed by atoms with Gasteiger partial charge in [0.2, 0.25) is 0 Å². The van der Waals surface area contributed by atoms with E-state index in [0.717, 1.165) is 0 Å². The van der Waals surface area contributed by atoms with Gasteiger partial charge in [0.15, 0.2) is 0 Å². The fourth-order valence-corrected chi connectivity index (χ4v) is 4.30. The van der Waals surface area contributed by atoms with Crippen molar-refractivity contribution < 1.29 is 0 Å². The highest BCUT2D eigenvalue weighted by molar-refractivity contribution is 7.14. The predicted molar refractivity (Wildman–Crippen MR) is 119 cm³/mol. The van der Waals surface area contributed by atoms with Crippen LogP contribution < -0.4 is 0 Å². The molecule has 0 amide bonds. The molecule has 0 atom stereocenters. The topological polar surface area (TPSA) is 0 Å². The maximum atomic E-state index is 2.29. The zero-order valence-electron chi connectivity index (χ0n) is 16.1. The van der Waals surface area contributed by atoms with Crippen LogP contribution in [0.25, 0.3) is 32.7 Å². The van der Waals surface area contributed by atoms with Crippen molar-refractivity contribution in [3.05, 3.63) is 95.9 Å². The first-order chi connectivity index (χ1) is 13.0. The number of hydrogen-bond donors (Lipinski definition) is 0. The zero-order valence-corrected chi connectivity index (χ0v) is 16.9. The lowest BCUT2D eigenvalue weighted by molar-refractivity contribution is 0.587. The second-order valence-corrected chi connectivity index (χ2v) is 8.82. The Morgan fingerprint density at radius 2 is 1.22 bits per heavy atom. The van der Waals surface area contributed by atoms with Crippen LogP contribution >= 0.6 is 11.3 Å². The Bertz CT molecular complexity index is 981. The van der Waals surface area contributed by atoms with E-state index >= 15 is 0 Å². The molecule has 0 saturated carbocycles. The minimum atomic E-state index is 0.351. The van der Waals surface area contributed by atoms with E-state index in [1.807, 2.05) is 0 Å². The molecule has 0 saturated heterocycles. The van der Waals surface area contributed by atoms with Crippen LogP contribution in [0.2, 0.25) is 0 Å². The van der Waals surface area contributed by atoms with E-state index in [0.29, 0.717) is 5.41 Å². The van der Waals surface area contributed by atoms with Crippen LogP contribution in [0.1, 0.15) is 26.3 Å². The van der Waals surface area contributed by atoms with Crippen molar-refractivity contribution in [2.24, 2.45) is 0 Å². The molecule has 0 spiro atoms. The summed E-state index contributed by atoms with van der Waals surface area (Å²) in [6.07, 6.45) is 0. The summed E-state index contributed by atoms with van der Waals surface area (Å²) in [4.78, 5) is 1.34. The molecule has 0 fully saturated rings. The quantitative estimate of drug-likeness (QED) is 0.296. The van der Waals surface area contributed by atoms with Crippen LogP contribution in [-0.2, 0) is 5.41 Å². The summed E-state index contributed by atoms with van der Waals surface area (Å²) in [7, 11) is 0. The van der Waals surface area contributed by atoms with Crippen molar-refractivity contribution >= 4 is 11.3 Å². The van der Waals surface area contributed by atoms with Crippen LogP contribution in [0, 0.1) is 0 Å². The summed E-state index contributed by atoms with van der Waals surface area (Å²) in [6.45, 7) is 6.78. The molecule has 0 radical (unpaired) electrons. The molecular weight excluding hydrogens is 344 g/mol. The molecule has 1 aromatic heterocycles. The van der Waals surface area contributed by atoms with Gasteiger partial charge in [-0.1, -0.05) is 93.6 Å². The van der Waals surface area contributed by atoms with Gasteiger partial charge >= 0.3 is 0 Å². The number of fused-ring (bicyclic) bond motifs is 1. The normalized spacial score (nSPS) is 11.5. The summed E-state index contributed by atoms with van der Waals surface area (Å²) in [5.74, 6) is 0. The molecule has 1 heteroatoms. The van der Waals surface area contributed by atoms with Gasteiger partial charge in [-0.2, -0.15) is 0 Å². The van der Waals surface area contributed by atoms with Gasteiger partial charge in [-0.3, -0.25) is 0 Å². The highest BCUT2D eigenvalue weighted by Crippen LogP contribution is 2.43. The fraction of sp³-hybridized carbons (Fsp3) is 0.154. The summed E-state index contributed by atoms with van der Waals surface area (Å²) in [6, 6.07) is 30.0. The summed E-state index contributed by atoms with van der Waals surface area (Å²) >= 11 is 1.80. The van der Waals surface area contributed by atoms with Gasteiger partial charge in [0.1, 0.15) is 0 Å². The molecule has 0 unspecified atom stereocenters. The lowest BCUT2D eigenvalue weighted by atomic mass is 9.74. The van der Waals surface area contributed by atoms with E-state index in [4.69, 9.17) is 0 Å². The van der Waals surface area contributed by atoms with E-state index in [-0.39, 0.29) is 0 Å². The Balaban J connectivity index is 0.000000153. The Kier molecular flexibility index (Phi) is 4.72. The molecule has 0 bridgehead atoms. The Hall–Kier alpha value is -2.64. The Morgan fingerprint density at radius 1 is 0.593 bits per heavy atom. The summed E-state index contributed by atoms with van der Waals surface area (Å²) < 4.78 is 0. The van der Waals surface area contributed by atoms with Gasteiger partial charge in [-0.15, -0.1) is 11.3 Å². The van der Waals surface area contributed by atoms with Crippen molar-refractivity contribution in [1.82, 2.24) is 0 Å². The summed E-state index contributed by atoms with van der Waals surface area (Å²) in [5, 5.41) is 2.16. The molecule has 3 aromatic rings. The second-order valence-electron chi connectivity index (χ2n) is 7.91. The molecule has 0 aliphatic heterocycles. The molecule has 5 rings (SSSR count). The van der Waals surface area contributed by atoms with Crippen LogP contribution in [0.5, 0.6) is 0 Å². The standard InChI is InChI=1S/C16H12S.C10H12/c1-3-7-13(8-4-1)15-11-12-17-16(15)14-9-5-2-6-10-14;1-10(2,3)9-6-7-4-5-8(7)9/h1-12H;4-6H,1-3H3. The van der Waals surface area contributed by atoms with Gasteiger partial charge in [0.05, 0.1) is 0 Å². The average Bonchev–Trinajstić information content (AvgIpc) is 3.15. The van der Waals surface area contributed by atoms with Crippen molar-refractivity contribution in [2.45, 2.75) is 26.2 Å². The number of rotatable bonds is 2. The first-order valence-corrected chi connectivity index (χ1v) is 10.3. The molecule has 1 heterocycles. The lowest BCUT2D eigenvalue weighted by Gasteiger charge is -2.30. The van der Waals surface area contributed by atoms with E-state index in [2.05, 4.69) is 111 Å². The van der Waals surface area contributed by atoms with Crippen LogP contribution in [0.4, 0.5) is 0 Å². The molecule has 2 aliphatic carbocycles. The SMILES string of the molecule is CC(C)(C)c1cc2ccc1-2.c1ccc(-c2ccsc2-c2ccccc2)cc1. The average molecular weight is 369 g/mol. The Morgan fingerprint density at radius 3 is 1.67 bits per heavy atom. The highest BCUT2D eigenvalue weighted by atomic mass is 32.1. The van der Waals surface area contributed by atoms with Gasteiger partial charge in [0, 0.05) is 10.4 Å². The largest absolute Gasteiger partial charge is 0.143 e. The maximum Gasteiger partial charge on any atom is 0.0421 e. The number of thiophene rings is 1. The minimum absolute atomic E-state index is 0.351. The molecule has 2 aromatic carbocycles. The second kappa shape index (κ2) is 7.17. The molecule has 134 valence electrons. The molecule has 0 N–H and O–H groups in total. The third kappa shape index (κ3) is 3.61. The lowest BCUT2D eigenvalue weighted by Crippen LogP contribution is -2.17. The number of hydrogen-bond acceptors (Lipinski definition) is 1. The monoisotopic (exact) mass is 368 g/mol. The van der Waals surface area contributed by atoms with E-state index in [9.17, 15) is 0 Å². The fourth-order valence-electron chi connectivity index (χ4n) is 3.38. The van der Waals surface area contributed by atoms with Crippen LogP contribution in [-0.4, -0.2) is 0 Å². The maximum absolute atomic E-state index is 2.29. The van der Waals surface area contributed by atoms with E-state index in [1.165, 1.54) is 38.3 Å². The van der Waals surface area contributed by atoms with Gasteiger partial charge in [-0.25, -0.2) is 0 Å². The molecular formula is C26H24S. The molecule has 0 nitrogen and oxygen atoms in total. The Labute approximate surface area is 166 Å². The zero-order chi connectivity index (χ0) is 18.9. The summed E-state index contributed by atoms with van der Waals surface area (Å²) in [5.41, 5.74) is 8.71. The number of benzene rings is 3. The first kappa shape index (κ1) is 17.8.